The van der Waals surface area contributed by atoms with Crippen molar-refractivity contribution in [2.45, 2.75) is 71.9 Å². The standard InChI is InChI=1S/C31H36N6O/c1-21-18-22(2)29(23(3)19-21)32-31(38)37(26-10-6-4-5-7-11-26)20-24-14-16-25(17-15-24)27-12-8-9-13-28(27)30-33-35-36-34-30/h8-9,12-19,26H,4-7,10-11,20H2,1-3H3,(H,32,38)(H,33,34,35,36). The summed E-state index contributed by atoms with van der Waals surface area (Å²) >= 11 is 0. The number of H-pyrrole nitrogens is 1. The summed E-state index contributed by atoms with van der Waals surface area (Å²) in [5, 5.41) is 17.7. The molecule has 2 amide bonds. The van der Waals surface area contributed by atoms with Crippen LogP contribution in [0.1, 0.15) is 60.8 Å². The highest BCUT2D eigenvalue weighted by Crippen LogP contribution is 2.31. The molecule has 0 saturated heterocycles. The molecule has 0 radical (unpaired) electrons. The average Bonchev–Trinajstić information content (AvgIpc) is 3.32. The Kier molecular flexibility index (Phi) is 7.82. The molecule has 1 fully saturated rings. The molecular weight excluding hydrogens is 472 g/mol. The summed E-state index contributed by atoms with van der Waals surface area (Å²) in [6, 6.07) is 21.1. The van der Waals surface area contributed by atoms with Gasteiger partial charge in [-0.05, 0) is 71.9 Å². The zero-order valence-electron chi connectivity index (χ0n) is 22.5. The van der Waals surface area contributed by atoms with E-state index in [0.29, 0.717) is 12.4 Å². The minimum Gasteiger partial charge on any atom is -0.317 e. The maximum atomic E-state index is 13.8. The van der Waals surface area contributed by atoms with Crippen molar-refractivity contribution >= 4 is 11.7 Å². The molecule has 1 saturated carbocycles. The van der Waals surface area contributed by atoms with Crippen molar-refractivity contribution in [3.63, 3.8) is 0 Å². The minimum atomic E-state index is -0.0146. The normalized spacial score (nSPS) is 14.2. The maximum Gasteiger partial charge on any atom is 0.322 e. The second-order valence-electron chi connectivity index (χ2n) is 10.5. The van der Waals surface area contributed by atoms with Crippen LogP contribution in [0, 0.1) is 20.8 Å². The Hall–Kier alpha value is -4.00. The van der Waals surface area contributed by atoms with Crippen LogP contribution < -0.4 is 5.32 Å². The fourth-order valence-corrected chi connectivity index (χ4v) is 5.69. The molecular formula is C31H36N6O. The molecule has 0 aliphatic heterocycles. The number of rotatable bonds is 6. The number of nitrogens with zero attached hydrogens (tertiary/aromatic N) is 4. The van der Waals surface area contributed by atoms with Gasteiger partial charge in [0.25, 0.3) is 0 Å². The highest BCUT2D eigenvalue weighted by Gasteiger charge is 2.26. The third-order valence-corrected chi connectivity index (χ3v) is 7.58. The number of carbonyl (C=O) groups is 1. The van der Waals surface area contributed by atoms with Crippen LogP contribution in [0.5, 0.6) is 0 Å². The predicted octanol–water partition coefficient (Wildman–Crippen LogP) is 7.22. The third kappa shape index (κ3) is 5.77. The van der Waals surface area contributed by atoms with Crippen molar-refractivity contribution in [3.8, 4) is 22.5 Å². The molecule has 0 bridgehead atoms. The quantitative estimate of drug-likeness (QED) is 0.269. The van der Waals surface area contributed by atoms with Gasteiger partial charge in [-0.1, -0.05) is 91.9 Å². The molecule has 7 heteroatoms. The lowest BCUT2D eigenvalue weighted by molar-refractivity contribution is 0.175. The molecule has 38 heavy (non-hydrogen) atoms. The van der Waals surface area contributed by atoms with Gasteiger partial charge < -0.3 is 10.2 Å². The zero-order valence-corrected chi connectivity index (χ0v) is 22.5. The number of aryl methyl sites for hydroxylation is 3. The molecule has 1 aromatic heterocycles. The van der Waals surface area contributed by atoms with Gasteiger partial charge in [0.1, 0.15) is 0 Å². The van der Waals surface area contributed by atoms with Crippen LogP contribution in [0.3, 0.4) is 0 Å². The van der Waals surface area contributed by atoms with Crippen LogP contribution in [0.2, 0.25) is 0 Å². The number of tetrazole rings is 1. The van der Waals surface area contributed by atoms with Gasteiger partial charge in [-0.2, -0.15) is 0 Å². The van der Waals surface area contributed by atoms with E-state index < -0.39 is 0 Å². The number of aromatic amines is 1. The molecule has 3 aromatic carbocycles. The van der Waals surface area contributed by atoms with E-state index in [2.05, 4.69) is 94.1 Å². The molecule has 2 N–H and O–H groups in total. The summed E-state index contributed by atoms with van der Waals surface area (Å²) in [4.78, 5) is 15.8. The van der Waals surface area contributed by atoms with Crippen LogP contribution in [0.25, 0.3) is 22.5 Å². The molecule has 196 valence electrons. The first-order chi connectivity index (χ1) is 18.5. The van der Waals surface area contributed by atoms with Gasteiger partial charge in [-0.25, -0.2) is 9.89 Å². The molecule has 0 unspecified atom stereocenters. The number of urea groups is 1. The largest absolute Gasteiger partial charge is 0.322 e. The van der Waals surface area contributed by atoms with Gasteiger partial charge >= 0.3 is 6.03 Å². The summed E-state index contributed by atoms with van der Waals surface area (Å²) in [7, 11) is 0. The number of anilines is 1. The monoisotopic (exact) mass is 508 g/mol. The van der Waals surface area contributed by atoms with E-state index in [9.17, 15) is 4.79 Å². The molecule has 0 atom stereocenters. The second kappa shape index (κ2) is 11.6. The Morgan fingerprint density at radius 1 is 0.921 bits per heavy atom. The minimum absolute atomic E-state index is 0.0146. The Labute approximate surface area is 224 Å². The van der Waals surface area contributed by atoms with Crippen LogP contribution in [0.4, 0.5) is 10.5 Å². The fraction of sp³-hybridized carbons (Fsp3) is 0.355. The fourth-order valence-electron chi connectivity index (χ4n) is 5.69. The number of nitrogens with one attached hydrogen (secondary N) is 2. The van der Waals surface area contributed by atoms with Gasteiger partial charge in [0.2, 0.25) is 0 Å². The smallest absolute Gasteiger partial charge is 0.317 e. The lowest BCUT2D eigenvalue weighted by Crippen LogP contribution is -2.42. The van der Waals surface area contributed by atoms with E-state index in [1.165, 1.54) is 31.2 Å². The van der Waals surface area contributed by atoms with Crippen molar-refractivity contribution in [1.82, 2.24) is 25.5 Å². The number of benzene rings is 3. The zero-order chi connectivity index (χ0) is 26.5. The molecule has 1 aliphatic carbocycles. The first-order valence-corrected chi connectivity index (χ1v) is 13.6. The first kappa shape index (κ1) is 25.6. The van der Waals surface area contributed by atoms with Crippen LogP contribution >= 0.6 is 0 Å². The van der Waals surface area contributed by atoms with Gasteiger partial charge in [0.15, 0.2) is 5.82 Å². The van der Waals surface area contributed by atoms with Crippen molar-refractivity contribution in [3.05, 3.63) is 82.9 Å². The average molecular weight is 509 g/mol. The van der Waals surface area contributed by atoms with Crippen LogP contribution in [0.15, 0.2) is 60.7 Å². The van der Waals surface area contributed by atoms with Crippen LogP contribution in [-0.4, -0.2) is 37.6 Å². The van der Waals surface area contributed by atoms with Crippen molar-refractivity contribution in [2.75, 3.05) is 5.32 Å². The van der Waals surface area contributed by atoms with E-state index in [0.717, 1.165) is 51.9 Å². The molecule has 1 aliphatic rings. The number of amides is 2. The Balaban J connectivity index is 1.40. The number of hydrogen-bond donors (Lipinski definition) is 2. The Morgan fingerprint density at radius 3 is 2.21 bits per heavy atom. The van der Waals surface area contributed by atoms with Gasteiger partial charge in [0.05, 0.1) is 0 Å². The number of hydrogen-bond acceptors (Lipinski definition) is 4. The second-order valence-corrected chi connectivity index (χ2v) is 10.5. The van der Waals surface area contributed by atoms with E-state index in [-0.39, 0.29) is 12.1 Å². The van der Waals surface area contributed by atoms with E-state index in [1.807, 2.05) is 18.2 Å². The maximum absolute atomic E-state index is 13.8. The highest BCUT2D eigenvalue weighted by molar-refractivity contribution is 5.91. The van der Waals surface area contributed by atoms with Gasteiger partial charge in [-0.3, -0.25) is 0 Å². The van der Waals surface area contributed by atoms with E-state index in [1.54, 1.807) is 0 Å². The summed E-state index contributed by atoms with van der Waals surface area (Å²) < 4.78 is 0. The van der Waals surface area contributed by atoms with Crippen molar-refractivity contribution in [1.29, 1.82) is 0 Å². The molecule has 5 rings (SSSR count). The van der Waals surface area contributed by atoms with Gasteiger partial charge in [-0.15, -0.1) is 5.10 Å². The summed E-state index contributed by atoms with van der Waals surface area (Å²) in [6.45, 7) is 6.80. The SMILES string of the molecule is Cc1cc(C)c(NC(=O)N(Cc2ccc(-c3ccccc3-c3nnn[nH]3)cc2)C2CCCCCC2)c(C)c1. The van der Waals surface area contributed by atoms with E-state index in [4.69, 9.17) is 0 Å². The van der Waals surface area contributed by atoms with Crippen LogP contribution in [-0.2, 0) is 6.54 Å². The van der Waals surface area contributed by atoms with Crippen molar-refractivity contribution in [2.24, 2.45) is 0 Å². The molecule has 0 spiro atoms. The molecule has 7 nitrogen and oxygen atoms in total. The molecule has 1 heterocycles. The predicted molar refractivity (Wildman–Crippen MR) is 152 cm³/mol. The lowest BCUT2D eigenvalue weighted by Gasteiger charge is -2.32. The topological polar surface area (TPSA) is 86.8 Å². The Morgan fingerprint density at radius 2 is 1.58 bits per heavy atom. The lowest BCUT2D eigenvalue weighted by atomic mass is 9.98. The summed E-state index contributed by atoms with van der Waals surface area (Å²) in [5.74, 6) is 0.641. The number of aromatic nitrogens is 4. The number of carbonyl (C=O) groups excluding carboxylic acids is 1. The van der Waals surface area contributed by atoms with Crippen molar-refractivity contribution < 1.29 is 4.79 Å². The summed E-state index contributed by atoms with van der Waals surface area (Å²) in [5.41, 5.74) is 8.53. The third-order valence-electron chi connectivity index (χ3n) is 7.58. The molecule has 4 aromatic rings. The van der Waals surface area contributed by atoms with Gasteiger partial charge in [0, 0.05) is 23.8 Å². The highest BCUT2D eigenvalue weighted by atomic mass is 16.2. The summed E-state index contributed by atoms with van der Waals surface area (Å²) in [6.07, 6.45) is 6.94. The Bertz CT molecular complexity index is 1350. The first-order valence-electron chi connectivity index (χ1n) is 13.6. The van der Waals surface area contributed by atoms with E-state index >= 15 is 0 Å².